The highest BCUT2D eigenvalue weighted by Gasteiger charge is 2.40. The van der Waals surface area contributed by atoms with E-state index < -0.39 is 0 Å². The maximum atomic E-state index is 12.3. The second kappa shape index (κ2) is 4.84. The lowest BCUT2D eigenvalue weighted by Crippen LogP contribution is -2.43. The molecule has 0 aliphatic carbocycles. The average Bonchev–Trinajstić information content (AvgIpc) is 2.55. The average molecular weight is 310 g/mol. The third-order valence-electron chi connectivity index (χ3n) is 3.30. The van der Waals surface area contributed by atoms with Gasteiger partial charge in [0.25, 0.3) is 0 Å². The lowest BCUT2D eigenvalue weighted by Gasteiger charge is -2.30. The summed E-state index contributed by atoms with van der Waals surface area (Å²) in [7, 11) is 0. The van der Waals surface area contributed by atoms with Gasteiger partial charge in [-0.25, -0.2) is 0 Å². The smallest absolute Gasteiger partial charge is 0.227 e. The van der Waals surface area contributed by atoms with Gasteiger partial charge in [-0.15, -0.1) is 0 Å². The van der Waals surface area contributed by atoms with E-state index in [9.17, 15) is 9.59 Å². The van der Waals surface area contributed by atoms with E-state index in [1.54, 1.807) is 4.90 Å². The van der Waals surface area contributed by atoms with Crippen LogP contribution in [-0.2, 0) is 16.0 Å². The normalized spacial score (nSPS) is 18.2. The Morgan fingerprint density at radius 2 is 2.06 bits per heavy atom. The van der Waals surface area contributed by atoms with Crippen LogP contribution in [0.1, 0.15) is 25.8 Å². The quantitative estimate of drug-likeness (QED) is 0.842. The predicted octanol–water partition coefficient (Wildman–Crippen LogP) is 2.57. The monoisotopic (exact) mass is 309 g/mol. The molecule has 18 heavy (non-hydrogen) atoms. The molecule has 0 bridgehead atoms. The largest absolute Gasteiger partial charge is 0.330 e. The second-order valence-electron chi connectivity index (χ2n) is 5.28. The van der Waals surface area contributed by atoms with Gasteiger partial charge < -0.3 is 4.90 Å². The molecular formula is C14H16BrNO2. The van der Waals surface area contributed by atoms with Gasteiger partial charge in [0.2, 0.25) is 5.91 Å². The number of hydrogen-bond acceptors (Lipinski definition) is 2. The highest BCUT2D eigenvalue weighted by Crippen LogP contribution is 2.27. The topological polar surface area (TPSA) is 37.4 Å². The van der Waals surface area contributed by atoms with E-state index in [0.29, 0.717) is 12.8 Å². The molecule has 1 aromatic carbocycles. The Morgan fingerprint density at radius 3 is 2.61 bits per heavy atom. The number of rotatable bonds is 2. The number of amides is 1. The summed E-state index contributed by atoms with van der Waals surface area (Å²) < 4.78 is 0.932. The number of carbonyl (C=O) groups excluding carboxylic acids is 2. The Kier molecular flexibility index (Phi) is 3.57. The van der Waals surface area contributed by atoms with Crippen LogP contribution in [0.2, 0.25) is 0 Å². The van der Waals surface area contributed by atoms with Crippen LogP contribution >= 0.6 is 15.9 Å². The van der Waals surface area contributed by atoms with E-state index in [0.717, 1.165) is 10.0 Å². The summed E-state index contributed by atoms with van der Waals surface area (Å²) in [6.07, 6.45) is 0.785. The Labute approximate surface area is 115 Å². The number of Topliss-reactive ketones (excluding diaryl/α,β-unsaturated/α-hetero) is 1. The van der Waals surface area contributed by atoms with Crippen LogP contribution in [0.15, 0.2) is 28.7 Å². The van der Waals surface area contributed by atoms with E-state index in [1.807, 2.05) is 38.1 Å². The molecule has 1 heterocycles. The van der Waals surface area contributed by atoms with Crippen LogP contribution in [0.3, 0.4) is 0 Å². The minimum Gasteiger partial charge on any atom is -0.330 e. The fourth-order valence-corrected chi connectivity index (χ4v) is 2.78. The summed E-state index contributed by atoms with van der Waals surface area (Å²) in [5.41, 5.74) is 0.604. The van der Waals surface area contributed by atoms with Crippen LogP contribution < -0.4 is 0 Å². The molecule has 1 aliphatic heterocycles. The van der Waals surface area contributed by atoms with Crippen LogP contribution in [0.5, 0.6) is 0 Å². The summed E-state index contributed by atoms with van der Waals surface area (Å²) in [6, 6.07) is 7.67. The molecule has 1 amide bonds. The third kappa shape index (κ3) is 2.64. The van der Waals surface area contributed by atoms with Gasteiger partial charge in [-0.1, -0.05) is 34.1 Å². The third-order valence-corrected chi connectivity index (χ3v) is 4.07. The number of nitrogens with zero attached hydrogens (tertiary/aromatic N) is 1. The lowest BCUT2D eigenvalue weighted by molar-refractivity contribution is -0.134. The zero-order valence-corrected chi connectivity index (χ0v) is 12.2. The maximum absolute atomic E-state index is 12.3. The first-order valence-corrected chi connectivity index (χ1v) is 6.75. The number of ketones is 1. The van der Waals surface area contributed by atoms with Crippen molar-refractivity contribution in [3.8, 4) is 0 Å². The first-order valence-electron chi connectivity index (χ1n) is 5.96. The molecule has 0 atom stereocenters. The van der Waals surface area contributed by atoms with Crippen molar-refractivity contribution in [1.82, 2.24) is 4.90 Å². The minimum absolute atomic E-state index is 0.0118. The van der Waals surface area contributed by atoms with Gasteiger partial charge in [-0.3, -0.25) is 9.59 Å². The van der Waals surface area contributed by atoms with Gasteiger partial charge in [-0.2, -0.15) is 0 Å². The number of benzene rings is 1. The molecule has 3 nitrogen and oxygen atoms in total. The molecule has 96 valence electrons. The number of likely N-dealkylation sites (tertiary alicyclic amines) is 1. The van der Waals surface area contributed by atoms with Crippen molar-refractivity contribution in [2.24, 2.45) is 0 Å². The number of hydrogen-bond donors (Lipinski definition) is 0. The summed E-state index contributed by atoms with van der Waals surface area (Å²) in [5, 5.41) is 0. The Bertz CT molecular complexity index is 496. The van der Waals surface area contributed by atoms with Gasteiger partial charge in [0, 0.05) is 16.4 Å². The summed E-state index contributed by atoms with van der Waals surface area (Å²) >= 11 is 3.44. The Morgan fingerprint density at radius 1 is 1.39 bits per heavy atom. The standard InChI is InChI=1S/C14H16BrNO2/c1-14(2)8-11(17)9-16(14)13(18)7-10-5-3-4-6-12(10)15/h3-6H,7-9H2,1-2H3. The van der Waals surface area contributed by atoms with Crippen LogP contribution in [0, 0.1) is 0 Å². The van der Waals surface area contributed by atoms with Crippen molar-refractivity contribution in [3.05, 3.63) is 34.3 Å². The molecule has 1 fully saturated rings. The molecule has 0 saturated carbocycles. The fraction of sp³-hybridized carbons (Fsp3) is 0.429. The zero-order valence-electron chi connectivity index (χ0n) is 10.6. The van der Waals surface area contributed by atoms with Gasteiger partial charge in [-0.05, 0) is 25.5 Å². The van der Waals surface area contributed by atoms with Crippen molar-refractivity contribution in [2.45, 2.75) is 32.2 Å². The molecule has 1 aromatic rings. The van der Waals surface area contributed by atoms with Gasteiger partial charge in [0.1, 0.15) is 0 Å². The molecule has 1 aliphatic rings. The van der Waals surface area contributed by atoms with Gasteiger partial charge >= 0.3 is 0 Å². The predicted molar refractivity (Wildman–Crippen MR) is 73.3 cm³/mol. The zero-order chi connectivity index (χ0) is 13.3. The van der Waals surface area contributed by atoms with E-state index in [4.69, 9.17) is 0 Å². The minimum atomic E-state index is -0.352. The number of halogens is 1. The van der Waals surface area contributed by atoms with Crippen molar-refractivity contribution in [1.29, 1.82) is 0 Å². The molecule has 0 unspecified atom stereocenters. The first kappa shape index (κ1) is 13.3. The highest BCUT2D eigenvalue weighted by atomic mass is 79.9. The van der Waals surface area contributed by atoms with Crippen molar-refractivity contribution in [2.75, 3.05) is 6.54 Å². The highest BCUT2D eigenvalue weighted by molar-refractivity contribution is 9.10. The molecule has 4 heteroatoms. The van der Waals surface area contributed by atoms with Crippen molar-refractivity contribution < 1.29 is 9.59 Å². The molecule has 0 N–H and O–H groups in total. The second-order valence-corrected chi connectivity index (χ2v) is 6.13. The lowest BCUT2D eigenvalue weighted by atomic mass is 10.0. The fourth-order valence-electron chi connectivity index (χ4n) is 2.35. The first-order chi connectivity index (χ1) is 8.40. The SMILES string of the molecule is CC1(C)CC(=O)CN1C(=O)Cc1ccccc1Br. The van der Waals surface area contributed by atoms with Crippen molar-refractivity contribution >= 4 is 27.6 Å². The van der Waals surface area contributed by atoms with Gasteiger partial charge in [0.05, 0.1) is 13.0 Å². The summed E-state index contributed by atoms with van der Waals surface area (Å²) in [4.78, 5) is 25.5. The number of carbonyl (C=O) groups is 2. The van der Waals surface area contributed by atoms with Crippen molar-refractivity contribution in [3.63, 3.8) is 0 Å². The molecule has 0 spiro atoms. The van der Waals surface area contributed by atoms with Gasteiger partial charge in [0.15, 0.2) is 5.78 Å². The van der Waals surface area contributed by atoms with E-state index >= 15 is 0 Å². The van der Waals surface area contributed by atoms with Crippen LogP contribution in [0.25, 0.3) is 0 Å². The van der Waals surface area contributed by atoms with E-state index in [1.165, 1.54) is 0 Å². The molecule has 0 aromatic heterocycles. The Balaban J connectivity index is 2.14. The summed E-state index contributed by atoms with van der Waals surface area (Å²) in [6.45, 7) is 4.13. The van der Waals surface area contributed by atoms with E-state index in [-0.39, 0.29) is 23.8 Å². The van der Waals surface area contributed by atoms with Crippen LogP contribution in [-0.4, -0.2) is 28.7 Å². The molecule has 2 rings (SSSR count). The molecule has 1 saturated heterocycles. The molecular weight excluding hydrogens is 294 g/mol. The van der Waals surface area contributed by atoms with Crippen LogP contribution in [0.4, 0.5) is 0 Å². The molecule has 0 radical (unpaired) electrons. The Hall–Kier alpha value is -1.16. The maximum Gasteiger partial charge on any atom is 0.227 e. The van der Waals surface area contributed by atoms with E-state index in [2.05, 4.69) is 15.9 Å². The summed E-state index contributed by atoms with van der Waals surface area (Å²) in [5.74, 6) is 0.151.